The van der Waals surface area contributed by atoms with Gasteiger partial charge in [0.15, 0.2) is 0 Å². The van der Waals surface area contributed by atoms with Gasteiger partial charge in [-0.05, 0) is 18.8 Å². The number of rotatable bonds is 6. The van der Waals surface area contributed by atoms with E-state index in [9.17, 15) is 9.59 Å². The Morgan fingerprint density at radius 3 is 2.62 bits per heavy atom. The molecule has 1 fully saturated rings. The predicted molar refractivity (Wildman–Crippen MR) is 61.5 cm³/mol. The summed E-state index contributed by atoms with van der Waals surface area (Å²) < 4.78 is 5.22. The summed E-state index contributed by atoms with van der Waals surface area (Å²) >= 11 is 1.12. The first-order valence-corrected chi connectivity index (χ1v) is 6.48. The summed E-state index contributed by atoms with van der Waals surface area (Å²) in [5.41, 5.74) is 0. The number of carboxylic acids is 1. The van der Waals surface area contributed by atoms with Crippen LogP contribution in [0.25, 0.3) is 0 Å². The molecule has 0 atom stereocenters. The van der Waals surface area contributed by atoms with E-state index in [1.54, 1.807) is 0 Å². The Balaban J connectivity index is 2.02. The van der Waals surface area contributed by atoms with E-state index >= 15 is 0 Å². The largest absolute Gasteiger partial charge is 0.481 e. The Kier molecular flexibility index (Phi) is 6.25. The van der Waals surface area contributed by atoms with Gasteiger partial charge in [-0.15, -0.1) is 11.8 Å². The molecule has 16 heavy (non-hydrogen) atoms. The summed E-state index contributed by atoms with van der Waals surface area (Å²) in [6, 6.07) is 0. The fraction of sp³-hybridized carbons (Fsp3) is 0.800. The van der Waals surface area contributed by atoms with Crippen LogP contribution >= 0.6 is 11.8 Å². The maximum Gasteiger partial charge on any atom is 0.313 e. The lowest BCUT2D eigenvalue weighted by molar-refractivity contribution is -0.133. The molecule has 5 nitrogen and oxygen atoms in total. The molecular formula is C10H17NO4S. The van der Waals surface area contributed by atoms with Crippen LogP contribution in [0.3, 0.4) is 0 Å². The van der Waals surface area contributed by atoms with Crippen LogP contribution < -0.4 is 5.32 Å². The second kappa shape index (κ2) is 7.51. The molecule has 1 heterocycles. The molecule has 2 N–H and O–H groups in total. The van der Waals surface area contributed by atoms with Gasteiger partial charge in [0.05, 0.1) is 11.5 Å². The van der Waals surface area contributed by atoms with Gasteiger partial charge in [0.2, 0.25) is 5.91 Å². The van der Waals surface area contributed by atoms with E-state index in [0.717, 1.165) is 37.8 Å². The van der Waals surface area contributed by atoms with Crippen LogP contribution in [-0.2, 0) is 14.3 Å². The SMILES string of the molecule is O=C(O)CSCC(=O)NCC1CCOCC1. The van der Waals surface area contributed by atoms with Crippen molar-refractivity contribution in [1.29, 1.82) is 0 Å². The number of ether oxygens (including phenoxy) is 1. The summed E-state index contributed by atoms with van der Waals surface area (Å²) in [7, 11) is 0. The molecule has 1 saturated heterocycles. The van der Waals surface area contributed by atoms with E-state index in [2.05, 4.69) is 5.32 Å². The van der Waals surface area contributed by atoms with E-state index in [1.165, 1.54) is 0 Å². The smallest absolute Gasteiger partial charge is 0.313 e. The van der Waals surface area contributed by atoms with Crippen LogP contribution in [0.1, 0.15) is 12.8 Å². The van der Waals surface area contributed by atoms with E-state index in [-0.39, 0.29) is 17.4 Å². The summed E-state index contributed by atoms with van der Waals surface area (Å²) in [6.45, 7) is 2.22. The van der Waals surface area contributed by atoms with Gasteiger partial charge < -0.3 is 15.2 Å². The number of aliphatic carboxylic acids is 1. The zero-order valence-corrected chi connectivity index (χ0v) is 9.92. The molecule has 0 bridgehead atoms. The summed E-state index contributed by atoms with van der Waals surface area (Å²) in [5, 5.41) is 11.2. The van der Waals surface area contributed by atoms with E-state index in [0.29, 0.717) is 12.5 Å². The number of hydrogen-bond acceptors (Lipinski definition) is 4. The third kappa shape index (κ3) is 5.97. The summed E-state index contributed by atoms with van der Waals surface area (Å²) in [6.07, 6.45) is 1.98. The van der Waals surface area contributed by atoms with Gasteiger partial charge in [0.1, 0.15) is 0 Å². The van der Waals surface area contributed by atoms with Crippen molar-refractivity contribution < 1.29 is 19.4 Å². The van der Waals surface area contributed by atoms with Crippen molar-refractivity contribution in [3.05, 3.63) is 0 Å². The van der Waals surface area contributed by atoms with Crippen LogP contribution in [0.5, 0.6) is 0 Å². The zero-order valence-electron chi connectivity index (χ0n) is 9.11. The van der Waals surface area contributed by atoms with E-state index < -0.39 is 5.97 Å². The molecule has 92 valence electrons. The molecule has 0 aromatic carbocycles. The Bertz CT molecular complexity index is 241. The molecule has 0 unspecified atom stereocenters. The molecule has 1 rings (SSSR count). The van der Waals surface area contributed by atoms with Gasteiger partial charge in [0, 0.05) is 19.8 Å². The molecule has 0 saturated carbocycles. The zero-order chi connectivity index (χ0) is 11.8. The fourth-order valence-corrected chi connectivity index (χ4v) is 2.05. The number of carbonyl (C=O) groups excluding carboxylic acids is 1. The Morgan fingerprint density at radius 2 is 2.00 bits per heavy atom. The lowest BCUT2D eigenvalue weighted by atomic mass is 10.0. The van der Waals surface area contributed by atoms with Crippen LogP contribution in [0.2, 0.25) is 0 Å². The molecular weight excluding hydrogens is 230 g/mol. The van der Waals surface area contributed by atoms with Crippen LogP contribution in [-0.4, -0.2) is 48.2 Å². The molecule has 6 heteroatoms. The van der Waals surface area contributed by atoms with Crippen LogP contribution in [0.4, 0.5) is 0 Å². The maximum atomic E-state index is 11.3. The number of nitrogens with one attached hydrogen (secondary N) is 1. The molecule has 1 aliphatic rings. The van der Waals surface area contributed by atoms with Crippen molar-refractivity contribution in [2.24, 2.45) is 5.92 Å². The number of carboxylic acid groups (broad SMARTS) is 1. The van der Waals surface area contributed by atoms with E-state index in [1.807, 2.05) is 0 Å². The van der Waals surface area contributed by atoms with Crippen LogP contribution in [0, 0.1) is 5.92 Å². The van der Waals surface area contributed by atoms with Gasteiger partial charge in [-0.2, -0.15) is 0 Å². The lowest BCUT2D eigenvalue weighted by Gasteiger charge is -2.22. The molecule has 1 aliphatic heterocycles. The van der Waals surface area contributed by atoms with Gasteiger partial charge in [0.25, 0.3) is 0 Å². The summed E-state index contributed by atoms with van der Waals surface area (Å²) in [4.78, 5) is 21.5. The third-order valence-electron chi connectivity index (χ3n) is 2.39. The Labute approximate surface area is 98.9 Å². The second-order valence-corrected chi connectivity index (χ2v) is 4.73. The average molecular weight is 247 g/mol. The highest BCUT2D eigenvalue weighted by Gasteiger charge is 2.14. The van der Waals surface area contributed by atoms with Crippen molar-refractivity contribution in [1.82, 2.24) is 5.32 Å². The highest BCUT2D eigenvalue weighted by Crippen LogP contribution is 2.13. The quantitative estimate of drug-likeness (QED) is 0.708. The molecule has 0 aromatic rings. The summed E-state index contributed by atoms with van der Waals surface area (Å²) in [5.74, 6) is -0.276. The maximum absolute atomic E-state index is 11.3. The van der Waals surface area contributed by atoms with Crippen molar-refractivity contribution in [2.45, 2.75) is 12.8 Å². The minimum absolute atomic E-state index is 0.0231. The van der Waals surface area contributed by atoms with Crippen molar-refractivity contribution >= 4 is 23.6 Å². The number of thioether (sulfide) groups is 1. The first-order valence-electron chi connectivity index (χ1n) is 5.32. The molecule has 0 radical (unpaired) electrons. The first-order chi connectivity index (χ1) is 7.68. The van der Waals surface area contributed by atoms with Crippen LogP contribution in [0.15, 0.2) is 0 Å². The average Bonchev–Trinajstić information content (AvgIpc) is 2.27. The first kappa shape index (κ1) is 13.3. The topological polar surface area (TPSA) is 75.6 Å². The standard InChI is InChI=1S/C10H17NO4S/c12-9(6-16-7-10(13)14)11-5-8-1-3-15-4-2-8/h8H,1-7H2,(H,11,12)(H,13,14). The number of carbonyl (C=O) groups is 2. The fourth-order valence-electron chi connectivity index (χ4n) is 1.49. The van der Waals surface area contributed by atoms with Crippen molar-refractivity contribution in [3.8, 4) is 0 Å². The third-order valence-corrected chi connectivity index (χ3v) is 3.30. The predicted octanol–water partition coefficient (Wildman–Crippen LogP) is 0.347. The lowest BCUT2D eigenvalue weighted by Crippen LogP contribution is -2.33. The van der Waals surface area contributed by atoms with Gasteiger partial charge in [-0.1, -0.05) is 0 Å². The van der Waals surface area contributed by atoms with Gasteiger partial charge >= 0.3 is 5.97 Å². The Morgan fingerprint density at radius 1 is 1.31 bits per heavy atom. The molecule has 0 aliphatic carbocycles. The van der Waals surface area contributed by atoms with Crippen molar-refractivity contribution in [2.75, 3.05) is 31.3 Å². The Hall–Kier alpha value is -0.750. The second-order valence-electron chi connectivity index (χ2n) is 3.75. The highest BCUT2D eigenvalue weighted by molar-refractivity contribution is 8.00. The minimum Gasteiger partial charge on any atom is -0.481 e. The molecule has 0 aromatic heterocycles. The highest BCUT2D eigenvalue weighted by atomic mass is 32.2. The van der Waals surface area contributed by atoms with Gasteiger partial charge in [-0.25, -0.2) is 0 Å². The van der Waals surface area contributed by atoms with E-state index in [4.69, 9.17) is 9.84 Å². The number of hydrogen-bond donors (Lipinski definition) is 2. The van der Waals surface area contributed by atoms with Crippen molar-refractivity contribution in [3.63, 3.8) is 0 Å². The van der Waals surface area contributed by atoms with Gasteiger partial charge in [-0.3, -0.25) is 9.59 Å². The number of amides is 1. The normalized spacial score (nSPS) is 17.0. The molecule has 0 spiro atoms. The minimum atomic E-state index is -0.887. The molecule has 1 amide bonds. The monoisotopic (exact) mass is 247 g/mol.